The van der Waals surface area contributed by atoms with Crippen molar-refractivity contribution in [3.63, 3.8) is 0 Å². The topological polar surface area (TPSA) is 0 Å². The van der Waals surface area contributed by atoms with Crippen LogP contribution in [0, 0.1) is 0 Å². The molecule has 22 heavy (non-hydrogen) atoms. The molecule has 0 radical (unpaired) electrons. The Bertz CT molecular complexity index is 591. The molecule has 0 fully saturated rings. The van der Waals surface area contributed by atoms with Gasteiger partial charge in [0.2, 0.25) is 0 Å². The average Bonchev–Trinajstić information content (AvgIpc) is 2.55. The minimum absolute atomic E-state index is 0.124. The zero-order valence-corrected chi connectivity index (χ0v) is 13.6. The van der Waals surface area contributed by atoms with E-state index >= 15 is 0 Å². The maximum absolute atomic E-state index is 13.7. The van der Waals surface area contributed by atoms with Gasteiger partial charge < -0.3 is 0 Å². The molecular formula is C21H25F. The minimum Gasteiger partial charge on any atom is -0.207 e. The summed E-state index contributed by atoms with van der Waals surface area (Å²) in [6.45, 7) is 4.15. The monoisotopic (exact) mass is 296 g/mol. The van der Waals surface area contributed by atoms with Crippen LogP contribution in [0.25, 0.3) is 5.83 Å². The van der Waals surface area contributed by atoms with Gasteiger partial charge in [-0.15, -0.1) is 0 Å². The summed E-state index contributed by atoms with van der Waals surface area (Å²) in [6, 6.07) is 16.7. The Hall–Kier alpha value is -1.89. The number of rotatable bonds is 7. The van der Waals surface area contributed by atoms with Crippen molar-refractivity contribution < 1.29 is 4.39 Å². The summed E-state index contributed by atoms with van der Waals surface area (Å²) in [7, 11) is 0. The van der Waals surface area contributed by atoms with Gasteiger partial charge in [0.25, 0.3) is 0 Å². The van der Waals surface area contributed by atoms with Gasteiger partial charge in [0.15, 0.2) is 0 Å². The largest absolute Gasteiger partial charge is 0.207 e. The predicted octanol–water partition coefficient (Wildman–Crippen LogP) is 6.14. The van der Waals surface area contributed by atoms with Crippen LogP contribution in [0.2, 0.25) is 0 Å². The Morgan fingerprint density at radius 2 is 1.23 bits per heavy atom. The van der Waals surface area contributed by atoms with E-state index in [-0.39, 0.29) is 5.83 Å². The third-order valence-corrected chi connectivity index (χ3v) is 3.88. The minimum atomic E-state index is -0.124. The maximum Gasteiger partial charge on any atom is 0.126 e. The summed E-state index contributed by atoms with van der Waals surface area (Å²) < 4.78 is 13.7. The fourth-order valence-corrected chi connectivity index (χ4v) is 2.58. The van der Waals surface area contributed by atoms with Crippen molar-refractivity contribution in [2.75, 3.05) is 0 Å². The Balaban J connectivity index is 1.92. The van der Waals surface area contributed by atoms with Gasteiger partial charge in [-0.3, -0.25) is 0 Å². The second kappa shape index (κ2) is 8.53. The van der Waals surface area contributed by atoms with E-state index in [2.05, 4.69) is 31.2 Å². The third-order valence-electron chi connectivity index (χ3n) is 3.88. The quantitative estimate of drug-likeness (QED) is 0.575. The van der Waals surface area contributed by atoms with E-state index in [0.29, 0.717) is 5.56 Å². The molecule has 116 valence electrons. The molecule has 0 aliphatic carbocycles. The zero-order chi connectivity index (χ0) is 15.8. The predicted molar refractivity (Wildman–Crippen MR) is 93.7 cm³/mol. The Kier molecular flexibility index (Phi) is 6.39. The number of aryl methyl sites for hydroxylation is 3. The van der Waals surface area contributed by atoms with Crippen molar-refractivity contribution >= 4 is 5.83 Å². The van der Waals surface area contributed by atoms with E-state index in [1.807, 2.05) is 31.2 Å². The molecule has 0 aromatic heterocycles. The van der Waals surface area contributed by atoms with Crippen LogP contribution in [0.15, 0.2) is 54.6 Å². The number of benzene rings is 2. The smallest absolute Gasteiger partial charge is 0.126 e. The van der Waals surface area contributed by atoms with Crippen LogP contribution in [0.5, 0.6) is 0 Å². The molecule has 2 aromatic rings. The molecule has 0 bridgehead atoms. The van der Waals surface area contributed by atoms with Gasteiger partial charge in [0.05, 0.1) is 0 Å². The summed E-state index contributed by atoms with van der Waals surface area (Å²) in [5, 5.41) is 0. The first-order valence-electron chi connectivity index (χ1n) is 8.25. The number of hydrogen-bond donors (Lipinski definition) is 0. The number of allylic oxidation sites excluding steroid dienone is 1. The highest BCUT2D eigenvalue weighted by molar-refractivity contribution is 5.59. The van der Waals surface area contributed by atoms with Gasteiger partial charge in [-0.1, -0.05) is 68.8 Å². The van der Waals surface area contributed by atoms with Crippen LogP contribution in [0.4, 0.5) is 4.39 Å². The van der Waals surface area contributed by atoms with Crippen LogP contribution in [-0.2, 0) is 19.3 Å². The summed E-state index contributed by atoms with van der Waals surface area (Å²) in [5.41, 5.74) is 4.70. The van der Waals surface area contributed by atoms with Crippen LogP contribution in [0.3, 0.4) is 0 Å². The SMILES string of the molecule is CC/C=C(/F)c1ccc(CCc2ccc(CCC)cc2)cc1. The molecule has 0 saturated heterocycles. The number of halogens is 1. The molecule has 0 N–H and O–H groups in total. The van der Waals surface area contributed by atoms with E-state index < -0.39 is 0 Å². The highest BCUT2D eigenvalue weighted by Gasteiger charge is 2.01. The van der Waals surface area contributed by atoms with Gasteiger partial charge >= 0.3 is 0 Å². The lowest BCUT2D eigenvalue weighted by molar-refractivity contribution is 0.754. The average molecular weight is 296 g/mol. The fourth-order valence-electron chi connectivity index (χ4n) is 2.58. The maximum atomic E-state index is 13.7. The van der Waals surface area contributed by atoms with Crippen LogP contribution < -0.4 is 0 Å². The van der Waals surface area contributed by atoms with Crippen molar-refractivity contribution in [2.45, 2.75) is 46.0 Å². The van der Waals surface area contributed by atoms with Crippen LogP contribution in [0.1, 0.15) is 48.9 Å². The van der Waals surface area contributed by atoms with E-state index in [9.17, 15) is 4.39 Å². The van der Waals surface area contributed by atoms with Crippen molar-refractivity contribution in [1.29, 1.82) is 0 Å². The molecule has 0 amide bonds. The molecule has 0 nitrogen and oxygen atoms in total. The van der Waals surface area contributed by atoms with Gasteiger partial charge in [-0.25, -0.2) is 4.39 Å². The van der Waals surface area contributed by atoms with Crippen molar-refractivity contribution in [3.8, 4) is 0 Å². The zero-order valence-electron chi connectivity index (χ0n) is 13.6. The second-order valence-electron chi connectivity index (χ2n) is 5.72. The normalized spacial score (nSPS) is 11.7. The molecule has 2 rings (SSSR count). The molecule has 0 spiro atoms. The van der Waals surface area contributed by atoms with E-state index in [1.165, 1.54) is 23.1 Å². The van der Waals surface area contributed by atoms with Crippen molar-refractivity contribution in [1.82, 2.24) is 0 Å². The third kappa shape index (κ3) is 4.84. The summed E-state index contributed by atoms with van der Waals surface area (Å²) in [6.07, 6.45) is 6.70. The Morgan fingerprint density at radius 3 is 1.68 bits per heavy atom. The fraction of sp³-hybridized carbons (Fsp3) is 0.333. The summed E-state index contributed by atoms with van der Waals surface area (Å²) in [5.74, 6) is -0.124. The van der Waals surface area contributed by atoms with Crippen LogP contribution >= 0.6 is 0 Å². The summed E-state index contributed by atoms with van der Waals surface area (Å²) in [4.78, 5) is 0. The van der Waals surface area contributed by atoms with E-state index in [4.69, 9.17) is 0 Å². The van der Waals surface area contributed by atoms with Gasteiger partial charge in [-0.05, 0) is 48.4 Å². The summed E-state index contributed by atoms with van der Waals surface area (Å²) >= 11 is 0. The molecular weight excluding hydrogens is 271 g/mol. The molecule has 0 saturated carbocycles. The van der Waals surface area contributed by atoms with Gasteiger partial charge in [0.1, 0.15) is 5.83 Å². The first kappa shape index (κ1) is 16.5. The molecule has 2 aromatic carbocycles. The Labute approximate surface area is 133 Å². The van der Waals surface area contributed by atoms with Gasteiger partial charge in [0, 0.05) is 5.56 Å². The molecule has 0 aliphatic heterocycles. The molecule has 0 heterocycles. The first-order chi connectivity index (χ1) is 10.7. The molecule has 0 atom stereocenters. The van der Waals surface area contributed by atoms with E-state index in [0.717, 1.165) is 25.7 Å². The Morgan fingerprint density at radius 1 is 0.773 bits per heavy atom. The van der Waals surface area contributed by atoms with Crippen molar-refractivity contribution in [2.24, 2.45) is 0 Å². The standard InChI is InChI=1S/C21H25F/c1-3-5-17-7-9-18(10-8-17)11-12-19-13-15-20(16-14-19)21(22)6-4-2/h6-10,13-16H,3-5,11-12H2,1-2H3/b21-6+. The highest BCUT2D eigenvalue weighted by atomic mass is 19.1. The molecule has 1 heteroatoms. The molecule has 0 unspecified atom stereocenters. The van der Waals surface area contributed by atoms with Gasteiger partial charge in [-0.2, -0.15) is 0 Å². The van der Waals surface area contributed by atoms with Crippen LogP contribution in [-0.4, -0.2) is 0 Å². The first-order valence-corrected chi connectivity index (χ1v) is 8.25. The highest BCUT2D eigenvalue weighted by Crippen LogP contribution is 2.18. The lowest BCUT2D eigenvalue weighted by Crippen LogP contribution is -1.92. The lowest BCUT2D eigenvalue weighted by atomic mass is 10.0. The second-order valence-corrected chi connectivity index (χ2v) is 5.72. The molecule has 0 aliphatic rings. The number of hydrogen-bond acceptors (Lipinski definition) is 0. The van der Waals surface area contributed by atoms with E-state index in [1.54, 1.807) is 6.08 Å². The van der Waals surface area contributed by atoms with Crippen molar-refractivity contribution in [3.05, 3.63) is 76.9 Å². The lowest BCUT2D eigenvalue weighted by Gasteiger charge is -2.05.